The van der Waals surface area contributed by atoms with Gasteiger partial charge >= 0.3 is 11.9 Å². The molecule has 0 saturated carbocycles. The lowest BCUT2D eigenvalue weighted by Crippen LogP contribution is -2.14. The summed E-state index contributed by atoms with van der Waals surface area (Å²) in [5.41, 5.74) is 0.733. The lowest BCUT2D eigenvalue weighted by molar-refractivity contribution is -0.159. The Balaban J connectivity index is 3.58. The number of aliphatic hydroxyl groups excluding tert-OH is 1. The molecule has 0 spiro atoms. The first-order valence-electron chi connectivity index (χ1n) is 13.3. The predicted octanol–water partition coefficient (Wildman–Crippen LogP) is 7.57. The van der Waals surface area contributed by atoms with Crippen LogP contribution >= 0.6 is 0 Å². The Kier molecular flexibility index (Phi) is 21.1. The summed E-state index contributed by atoms with van der Waals surface area (Å²) in [6, 6.07) is 0. The van der Waals surface area contributed by atoms with E-state index in [0.717, 1.165) is 12.8 Å². The highest BCUT2D eigenvalue weighted by Crippen LogP contribution is 2.14. The lowest BCUT2D eigenvalue weighted by atomic mass is 10.0. The van der Waals surface area contributed by atoms with Crippen LogP contribution in [0.5, 0.6) is 0 Å². The second kappa shape index (κ2) is 22.2. The molecule has 5 nitrogen and oxygen atoms in total. The number of carbonyl (C=O) groups is 2. The van der Waals surface area contributed by atoms with E-state index in [1.165, 1.54) is 109 Å². The second-order valence-electron chi connectivity index (χ2n) is 9.14. The smallest absolute Gasteiger partial charge is 0.336 e. The molecule has 0 amide bonds. The fraction of sp³-hybridized carbons (Fsp3) is 0.786. The second-order valence-corrected chi connectivity index (χ2v) is 9.14. The first-order valence-corrected chi connectivity index (χ1v) is 13.3. The quantitative estimate of drug-likeness (QED) is 0.0621. The van der Waals surface area contributed by atoms with Gasteiger partial charge in [-0.25, -0.2) is 9.59 Å². The molecule has 0 aliphatic heterocycles. The SMILES string of the molecule is CCCCCCCCCCCCCCCCCCOC(=O)/C(C)=C/C=C(\C)C(=O)OC(C)O. The fourth-order valence-corrected chi connectivity index (χ4v) is 3.56. The van der Waals surface area contributed by atoms with Gasteiger partial charge in [-0.2, -0.15) is 0 Å². The van der Waals surface area contributed by atoms with E-state index in [4.69, 9.17) is 9.84 Å². The molecule has 33 heavy (non-hydrogen) atoms. The van der Waals surface area contributed by atoms with Crippen molar-refractivity contribution in [2.75, 3.05) is 6.61 Å². The summed E-state index contributed by atoms with van der Waals surface area (Å²) >= 11 is 0. The van der Waals surface area contributed by atoms with Crippen LogP contribution in [0.1, 0.15) is 130 Å². The summed E-state index contributed by atoms with van der Waals surface area (Å²) in [4.78, 5) is 23.6. The maximum atomic E-state index is 12.0. The molecule has 0 bridgehead atoms. The van der Waals surface area contributed by atoms with Crippen LogP contribution in [-0.2, 0) is 19.1 Å². The van der Waals surface area contributed by atoms with Crippen molar-refractivity contribution < 1.29 is 24.2 Å². The highest BCUT2D eigenvalue weighted by atomic mass is 16.6. The molecule has 0 heterocycles. The summed E-state index contributed by atoms with van der Waals surface area (Å²) in [6.45, 7) is 7.28. The van der Waals surface area contributed by atoms with Crippen LogP contribution in [-0.4, -0.2) is 29.9 Å². The molecule has 0 saturated heterocycles. The molecule has 1 N–H and O–H groups in total. The van der Waals surface area contributed by atoms with Gasteiger partial charge in [-0.15, -0.1) is 0 Å². The summed E-state index contributed by atoms with van der Waals surface area (Å²) in [5, 5.41) is 9.05. The van der Waals surface area contributed by atoms with Crippen molar-refractivity contribution in [2.45, 2.75) is 137 Å². The molecule has 1 atom stereocenters. The van der Waals surface area contributed by atoms with E-state index in [9.17, 15) is 9.59 Å². The molecule has 0 rings (SSSR count). The maximum absolute atomic E-state index is 12.0. The van der Waals surface area contributed by atoms with Crippen molar-refractivity contribution in [3.05, 3.63) is 23.3 Å². The number of hydrogen-bond acceptors (Lipinski definition) is 5. The normalized spacial score (nSPS) is 13.1. The first kappa shape index (κ1) is 31.4. The third-order valence-corrected chi connectivity index (χ3v) is 5.74. The largest absolute Gasteiger partial charge is 0.462 e. The molecular formula is C28H50O5. The average molecular weight is 467 g/mol. The molecule has 0 radical (unpaired) electrons. The van der Waals surface area contributed by atoms with Gasteiger partial charge in [-0.3, -0.25) is 0 Å². The van der Waals surface area contributed by atoms with Crippen LogP contribution in [0.2, 0.25) is 0 Å². The van der Waals surface area contributed by atoms with E-state index in [2.05, 4.69) is 11.7 Å². The van der Waals surface area contributed by atoms with E-state index in [1.807, 2.05) is 0 Å². The Bertz CT molecular complexity index is 563. The van der Waals surface area contributed by atoms with E-state index in [-0.39, 0.29) is 5.97 Å². The van der Waals surface area contributed by atoms with Crippen molar-refractivity contribution in [1.82, 2.24) is 0 Å². The third kappa shape index (κ3) is 20.7. The number of ether oxygens (including phenoxy) is 2. The van der Waals surface area contributed by atoms with Crippen LogP contribution in [0.3, 0.4) is 0 Å². The van der Waals surface area contributed by atoms with Crippen LogP contribution in [0, 0.1) is 0 Å². The Morgan fingerprint density at radius 1 is 0.667 bits per heavy atom. The molecule has 0 aromatic rings. The third-order valence-electron chi connectivity index (χ3n) is 5.74. The number of aliphatic hydroxyl groups is 1. The van der Waals surface area contributed by atoms with Crippen molar-refractivity contribution >= 4 is 11.9 Å². The standard InChI is InChI=1S/C28H50O5/c1-5-6-7-8-9-10-11-12-13-14-15-16-17-18-19-20-23-32-27(30)24(2)21-22-25(3)28(31)33-26(4)29/h21-22,26,29H,5-20,23H2,1-4H3/b24-21+,25-22+. The van der Waals surface area contributed by atoms with E-state index in [1.54, 1.807) is 13.8 Å². The van der Waals surface area contributed by atoms with E-state index < -0.39 is 12.3 Å². The van der Waals surface area contributed by atoms with E-state index in [0.29, 0.717) is 17.8 Å². The zero-order valence-electron chi connectivity index (χ0n) is 21.8. The number of carbonyl (C=O) groups excluding carboxylic acids is 2. The number of allylic oxidation sites excluding steroid dienone is 2. The van der Waals surface area contributed by atoms with Gasteiger partial charge in [-0.1, -0.05) is 115 Å². The Morgan fingerprint density at radius 2 is 1.03 bits per heavy atom. The summed E-state index contributed by atoms with van der Waals surface area (Å²) in [6.07, 6.45) is 22.9. The minimum absolute atomic E-state index is 0.306. The van der Waals surface area contributed by atoms with Gasteiger partial charge in [0.15, 0.2) is 6.29 Å². The molecule has 0 aliphatic carbocycles. The molecular weight excluding hydrogens is 416 g/mol. The Hall–Kier alpha value is -1.62. The number of unbranched alkanes of at least 4 members (excludes halogenated alkanes) is 15. The highest BCUT2D eigenvalue weighted by molar-refractivity contribution is 5.90. The number of esters is 2. The van der Waals surface area contributed by atoms with Gasteiger partial charge in [-0.05, 0) is 27.2 Å². The van der Waals surface area contributed by atoms with Crippen LogP contribution in [0.25, 0.3) is 0 Å². The molecule has 5 heteroatoms. The molecule has 0 aromatic heterocycles. The average Bonchev–Trinajstić information content (AvgIpc) is 2.78. The van der Waals surface area contributed by atoms with Gasteiger partial charge in [0.2, 0.25) is 0 Å². The Morgan fingerprint density at radius 3 is 1.42 bits per heavy atom. The monoisotopic (exact) mass is 466 g/mol. The van der Waals surface area contributed by atoms with Crippen LogP contribution < -0.4 is 0 Å². The van der Waals surface area contributed by atoms with Crippen molar-refractivity contribution in [2.24, 2.45) is 0 Å². The molecule has 0 fully saturated rings. The summed E-state index contributed by atoms with van der Waals surface area (Å²) in [7, 11) is 0. The number of rotatable bonds is 21. The van der Waals surface area contributed by atoms with Crippen molar-refractivity contribution in [1.29, 1.82) is 0 Å². The lowest BCUT2D eigenvalue weighted by Gasteiger charge is -2.07. The molecule has 0 aliphatic rings. The highest BCUT2D eigenvalue weighted by Gasteiger charge is 2.09. The van der Waals surface area contributed by atoms with Gasteiger partial charge in [0.25, 0.3) is 0 Å². The molecule has 0 aromatic carbocycles. The topological polar surface area (TPSA) is 72.8 Å². The number of hydrogen-bond donors (Lipinski definition) is 1. The van der Waals surface area contributed by atoms with Crippen LogP contribution in [0.4, 0.5) is 0 Å². The van der Waals surface area contributed by atoms with Crippen LogP contribution in [0.15, 0.2) is 23.3 Å². The maximum Gasteiger partial charge on any atom is 0.336 e. The van der Waals surface area contributed by atoms with Gasteiger partial charge in [0.1, 0.15) is 0 Å². The van der Waals surface area contributed by atoms with Gasteiger partial charge < -0.3 is 14.6 Å². The molecule has 1 unspecified atom stereocenters. The van der Waals surface area contributed by atoms with Gasteiger partial charge in [0, 0.05) is 11.1 Å². The molecule has 192 valence electrons. The van der Waals surface area contributed by atoms with Crippen molar-refractivity contribution in [3.8, 4) is 0 Å². The zero-order valence-corrected chi connectivity index (χ0v) is 21.8. The van der Waals surface area contributed by atoms with E-state index >= 15 is 0 Å². The Labute approximate surface area is 203 Å². The minimum Gasteiger partial charge on any atom is -0.462 e. The minimum atomic E-state index is -1.16. The summed E-state index contributed by atoms with van der Waals surface area (Å²) in [5.74, 6) is -0.987. The summed E-state index contributed by atoms with van der Waals surface area (Å²) < 4.78 is 9.96. The zero-order chi connectivity index (χ0) is 24.7. The first-order chi connectivity index (χ1) is 15.9. The van der Waals surface area contributed by atoms with Crippen molar-refractivity contribution in [3.63, 3.8) is 0 Å². The van der Waals surface area contributed by atoms with Gasteiger partial charge in [0.05, 0.1) is 6.61 Å². The predicted molar refractivity (Wildman–Crippen MR) is 136 cm³/mol. The fourth-order valence-electron chi connectivity index (χ4n) is 3.56.